The average Bonchev–Trinajstić information content (AvgIpc) is 3.00. The van der Waals surface area contributed by atoms with Gasteiger partial charge in [0.15, 0.2) is 0 Å². The van der Waals surface area contributed by atoms with E-state index in [0.717, 1.165) is 37.0 Å². The Morgan fingerprint density at radius 2 is 1.72 bits per heavy atom. The topological polar surface area (TPSA) is 40.5 Å². The van der Waals surface area contributed by atoms with Crippen LogP contribution in [0, 0.1) is 46.3 Å². The molecule has 166 valence electrons. The van der Waals surface area contributed by atoms with Crippen molar-refractivity contribution >= 4 is 0 Å². The third-order valence-electron chi connectivity index (χ3n) is 10.3. The van der Waals surface area contributed by atoms with Crippen LogP contribution in [0.2, 0.25) is 0 Å². The molecule has 0 heterocycles. The number of hydrogen-bond acceptors (Lipinski definition) is 2. The lowest BCUT2D eigenvalue weighted by molar-refractivity contribution is -0.0970. The van der Waals surface area contributed by atoms with Gasteiger partial charge in [-0.3, -0.25) is 0 Å². The van der Waals surface area contributed by atoms with E-state index < -0.39 is 0 Å². The zero-order chi connectivity index (χ0) is 21.0. The summed E-state index contributed by atoms with van der Waals surface area (Å²) in [4.78, 5) is 0. The second-order valence-electron chi connectivity index (χ2n) is 12.3. The van der Waals surface area contributed by atoms with Gasteiger partial charge in [-0.2, -0.15) is 0 Å². The first-order chi connectivity index (χ1) is 13.7. The van der Waals surface area contributed by atoms with Gasteiger partial charge in [0.2, 0.25) is 0 Å². The van der Waals surface area contributed by atoms with Crippen molar-refractivity contribution in [2.24, 2.45) is 46.3 Å². The molecule has 0 aliphatic heterocycles. The summed E-state index contributed by atoms with van der Waals surface area (Å²) >= 11 is 0. The summed E-state index contributed by atoms with van der Waals surface area (Å²) < 4.78 is 0. The molecule has 3 fully saturated rings. The molecular formula is C27H46O2. The Morgan fingerprint density at radius 3 is 2.45 bits per heavy atom. The first kappa shape index (κ1) is 21.9. The number of rotatable bonds is 5. The molecular weight excluding hydrogens is 356 g/mol. The summed E-state index contributed by atoms with van der Waals surface area (Å²) in [5.74, 6) is 4.18. The molecule has 2 heteroatoms. The predicted molar refractivity (Wildman–Crippen MR) is 120 cm³/mol. The minimum absolute atomic E-state index is 0.200. The minimum atomic E-state index is -0.298. The van der Waals surface area contributed by atoms with Crippen molar-refractivity contribution in [3.63, 3.8) is 0 Å². The maximum Gasteiger partial charge on any atom is 0.0757 e. The Labute approximate surface area is 179 Å². The van der Waals surface area contributed by atoms with Crippen molar-refractivity contribution in [2.45, 2.75) is 111 Å². The van der Waals surface area contributed by atoms with E-state index >= 15 is 0 Å². The van der Waals surface area contributed by atoms with Gasteiger partial charge in [0.1, 0.15) is 0 Å². The molecule has 0 bridgehead atoms. The van der Waals surface area contributed by atoms with Crippen LogP contribution in [-0.2, 0) is 0 Å². The van der Waals surface area contributed by atoms with Crippen LogP contribution in [0.3, 0.4) is 0 Å². The largest absolute Gasteiger partial charge is 0.393 e. The first-order valence-corrected chi connectivity index (χ1v) is 12.7. The van der Waals surface area contributed by atoms with Gasteiger partial charge in [-0.25, -0.2) is 0 Å². The zero-order valence-electron chi connectivity index (χ0n) is 19.7. The van der Waals surface area contributed by atoms with E-state index in [-0.39, 0.29) is 17.6 Å². The number of aliphatic hydroxyl groups excluding tert-OH is 2. The molecule has 0 radical (unpaired) electrons. The van der Waals surface area contributed by atoms with Crippen molar-refractivity contribution in [3.05, 3.63) is 11.6 Å². The van der Waals surface area contributed by atoms with E-state index in [0.29, 0.717) is 23.2 Å². The van der Waals surface area contributed by atoms with Gasteiger partial charge in [-0.15, -0.1) is 0 Å². The fourth-order valence-electron chi connectivity index (χ4n) is 8.65. The third kappa shape index (κ3) is 3.65. The molecule has 0 saturated heterocycles. The van der Waals surface area contributed by atoms with Gasteiger partial charge >= 0.3 is 0 Å². The average molecular weight is 403 g/mol. The van der Waals surface area contributed by atoms with Crippen LogP contribution >= 0.6 is 0 Å². The molecule has 2 nitrogen and oxygen atoms in total. The fourth-order valence-corrected chi connectivity index (χ4v) is 8.65. The highest BCUT2D eigenvalue weighted by Crippen LogP contribution is 2.67. The van der Waals surface area contributed by atoms with E-state index in [9.17, 15) is 10.2 Å². The Hall–Kier alpha value is -0.340. The summed E-state index contributed by atoms with van der Waals surface area (Å²) in [5, 5.41) is 21.5. The molecule has 9 atom stereocenters. The highest BCUT2D eigenvalue weighted by Gasteiger charge is 2.61. The number of fused-ring (bicyclic) bond motifs is 5. The summed E-state index contributed by atoms with van der Waals surface area (Å²) in [6, 6.07) is 0. The van der Waals surface area contributed by atoms with Crippen molar-refractivity contribution in [2.75, 3.05) is 0 Å². The van der Waals surface area contributed by atoms with Gasteiger partial charge in [0.25, 0.3) is 0 Å². The molecule has 2 N–H and O–H groups in total. The van der Waals surface area contributed by atoms with E-state index in [1.54, 1.807) is 0 Å². The zero-order valence-corrected chi connectivity index (χ0v) is 19.7. The molecule has 0 spiro atoms. The molecule has 0 aromatic heterocycles. The Kier molecular flexibility index (Phi) is 6.01. The van der Waals surface area contributed by atoms with Gasteiger partial charge in [-0.1, -0.05) is 65.5 Å². The van der Waals surface area contributed by atoms with Crippen molar-refractivity contribution < 1.29 is 10.2 Å². The van der Waals surface area contributed by atoms with Crippen LogP contribution in [-0.4, -0.2) is 22.4 Å². The molecule has 4 aliphatic carbocycles. The SMILES string of the molecule is CC(C)CCC[C@@H](C)C1CCC2C3C(CC[C@@]21C)[C@@]1(C)CCC(O)CC1=C[C@@H]3O. The van der Waals surface area contributed by atoms with Crippen LogP contribution < -0.4 is 0 Å². The highest BCUT2D eigenvalue weighted by molar-refractivity contribution is 5.27. The maximum absolute atomic E-state index is 11.3. The van der Waals surface area contributed by atoms with E-state index in [1.807, 2.05) is 0 Å². The normalized spacial score (nSPS) is 47.9. The lowest BCUT2D eigenvalue weighted by Gasteiger charge is -2.59. The monoisotopic (exact) mass is 402 g/mol. The minimum Gasteiger partial charge on any atom is -0.393 e. The van der Waals surface area contributed by atoms with Crippen LogP contribution in [0.5, 0.6) is 0 Å². The molecule has 4 rings (SSSR count). The Balaban J connectivity index is 1.54. The Morgan fingerprint density at radius 1 is 0.966 bits per heavy atom. The van der Waals surface area contributed by atoms with E-state index in [4.69, 9.17) is 0 Å². The summed E-state index contributed by atoms with van der Waals surface area (Å²) in [5.41, 5.74) is 1.99. The van der Waals surface area contributed by atoms with Crippen molar-refractivity contribution in [3.8, 4) is 0 Å². The van der Waals surface area contributed by atoms with Gasteiger partial charge in [0, 0.05) is 0 Å². The standard InChI is InChI=1S/C27H46O2/c1-17(2)7-6-8-18(3)21-9-10-22-25-23(12-14-27(21,22)5)26(4)13-11-20(28)15-19(26)16-24(25)29/h16-18,20-25,28-29H,6-15H2,1-5H3/t18-,20?,21?,22?,23?,24+,25?,26+,27-/m1/s1. The van der Waals surface area contributed by atoms with Gasteiger partial charge < -0.3 is 10.2 Å². The third-order valence-corrected chi connectivity index (χ3v) is 10.3. The molecule has 0 aromatic carbocycles. The molecule has 4 aliphatic rings. The van der Waals surface area contributed by atoms with Gasteiger partial charge in [-0.05, 0) is 91.3 Å². The van der Waals surface area contributed by atoms with Crippen LogP contribution in [0.1, 0.15) is 98.8 Å². The van der Waals surface area contributed by atoms with Gasteiger partial charge in [0.05, 0.1) is 12.2 Å². The molecule has 29 heavy (non-hydrogen) atoms. The lowest BCUT2D eigenvalue weighted by Crippen LogP contribution is -2.54. The number of hydrogen-bond donors (Lipinski definition) is 2. The van der Waals surface area contributed by atoms with Crippen LogP contribution in [0.4, 0.5) is 0 Å². The van der Waals surface area contributed by atoms with Crippen LogP contribution in [0.25, 0.3) is 0 Å². The van der Waals surface area contributed by atoms with E-state index in [2.05, 4.69) is 40.7 Å². The smallest absolute Gasteiger partial charge is 0.0757 e. The lowest BCUT2D eigenvalue weighted by atomic mass is 9.46. The molecule has 5 unspecified atom stereocenters. The molecule has 0 aromatic rings. The maximum atomic E-state index is 11.3. The second kappa shape index (κ2) is 7.97. The highest BCUT2D eigenvalue weighted by atomic mass is 16.3. The summed E-state index contributed by atoms with van der Waals surface area (Å²) in [6.07, 6.45) is 13.9. The molecule has 0 amide bonds. The summed E-state index contributed by atoms with van der Waals surface area (Å²) in [7, 11) is 0. The quantitative estimate of drug-likeness (QED) is 0.525. The predicted octanol–water partition coefficient (Wildman–Crippen LogP) is 6.36. The Bertz CT molecular complexity index is 624. The summed E-state index contributed by atoms with van der Waals surface area (Å²) in [6.45, 7) is 12.2. The fraction of sp³-hybridized carbons (Fsp3) is 0.926. The number of aliphatic hydroxyl groups is 2. The molecule has 3 saturated carbocycles. The second-order valence-corrected chi connectivity index (χ2v) is 12.3. The van der Waals surface area contributed by atoms with Crippen molar-refractivity contribution in [1.29, 1.82) is 0 Å². The van der Waals surface area contributed by atoms with E-state index in [1.165, 1.54) is 50.5 Å². The van der Waals surface area contributed by atoms with Crippen molar-refractivity contribution in [1.82, 2.24) is 0 Å². The first-order valence-electron chi connectivity index (χ1n) is 12.7. The van der Waals surface area contributed by atoms with Crippen LogP contribution in [0.15, 0.2) is 11.6 Å².